The zero-order chi connectivity index (χ0) is 15.5. The molecule has 118 valence electrons. The predicted octanol–water partition coefficient (Wildman–Crippen LogP) is 2.71. The molecule has 0 saturated carbocycles. The van der Waals surface area contributed by atoms with E-state index in [2.05, 4.69) is 74.1 Å². The molecule has 1 N–H and O–H groups in total. The van der Waals surface area contributed by atoms with Crippen LogP contribution in [-0.2, 0) is 13.1 Å². The lowest BCUT2D eigenvalue weighted by Crippen LogP contribution is -2.49. The van der Waals surface area contributed by atoms with Crippen molar-refractivity contribution in [1.29, 1.82) is 0 Å². The molecule has 0 aliphatic carbocycles. The number of hydrogen-bond acceptors (Lipinski definition) is 3. The van der Waals surface area contributed by atoms with Gasteiger partial charge in [0.2, 0.25) is 0 Å². The summed E-state index contributed by atoms with van der Waals surface area (Å²) in [5.41, 5.74) is 3.06. The van der Waals surface area contributed by atoms with Crippen molar-refractivity contribution >= 4 is 0 Å². The van der Waals surface area contributed by atoms with E-state index in [1.54, 1.807) is 0 Å². The molecule has 3 nitrogen and oxygen atoms in total. The van der Waals surface area contributed by atoms with Crippen LogP contribution >= 0.6 is 0 Å². The van der Waals surface area contributed by atoms with Crippen LogP contribution in [0.4, 0.5) is 0 Å². The highest BCUT2D eigenvalue weighted by molar-refractivity contribution is 5.27. The van der Waals surface area contributed by atoms with Crippen molar-refractivity contribution in [2.24, 2.45) is 0 Å². The van der Waals surface area contributed by atoms with Crippen LogP contribution in [0.3, 0.4) is 0 Å². The average Bonchev–Trinajstić information content (AvgIpc) is 2.41. The average molecular weight is 289 g/mol. The van der Waals surface area contributed by atoms with Crippen LogP contribution in [-0.4, -0.2) is 48.1 Å². The molecule has 0 radical (unpaired) electrons. The largest absolute Gasteiger partial charge is 0.308 e. The second kappa shape index (κ2) is 6.91. The lowest BCUT2D eigenvalue weighted by Gasteiger charge is -2.38. The fourth-order valence-electron chi connectivity index (χ4n) is 2.75. The van der Waals surface area contributed by atoms with Gasteiger partial charge in [0.05, 0.1) is 0 Å². The quantitative estimate of drug-likeness (QED) is 0.919. The van der Waals surface area contributed by atoms with Gasteiger partial charge in [-0.25, -0.2) is 0 Å². The molecule has 0 bridgehead atoms. The van der Waals surface area contributed by atoms with Crippen LogP contribution in [0.25, 0.3) is 0 Å². The highest BCUT2D eigenvalue weighted by Crippen LogP contribution is 2.16. The fraction of sp³-hybridized carbons (Fsp3) is 0.667. The lowest BCUT2D eigenvalue weighted by molar-refractivity contribution is 0.0997. The zero-order valence-corrected chi connectivity index (χ0v) is 14.3. The van der Waals surface area contributed by atoms with Crippen LogP contribution < -0.4 is 5.32 Å². The Hall–Kier alpha value is -0.900. The number of nitrogens with one attached hydrogen (secondary N) is 1. The van der Waals surface area contributed by atoms with Gasteiger partial charge in [-0.3, -0.25) is 4.90 Å². The van der Waals surface area contributed by atoms with Gasteiger partial charge in [0, 0.05) is 44.3 Å². The Labute approximate surface area is 130 Å². The Bertz CT molecular complexity index is 450. The standard InChI is InChI=1S/C18H31N3/c1-15-13-21(11-10-20(15)5)14-17-9-7-6-8-16(17)12-19-18(2,3)4/h6-9,15,19H,10-14H2,1-5H3. The third-order valence-corrected chi connectivity index (χ3v) is 4.37. The molecular formula is C18H31N3. The maximum atomic E-state index is 3.60. The minimum Gasteiger partial charge on any atom is -0.308 e. The molecule has 1 aromatic rings. The van der Waals surface area contributed by atoms with E-state index in [9.17, 15) is 0 Å². The molecule has 0 spiro atoms. The van der Waals surface area contributed by atoms with Crippen LogP contribution in [0.2, 0.25) is 0 Å². The number of rotatable bonds is 4. The van der Waals surface area contributed by atoms with Crippen molar-refractivity contribution in [1.82, 2.24) is 15.1 Å². The SMILES string of the molecule is CC1CN(Cc2ccccc2CNC(C)(C)C)CCN1C. The van der Waals surface area contributed by atoms with Gasteiger partial charge in [0.15, 0.2) is 0 Å². The van der Waals surface area contributed by atoms with Crippen molar-refractivity contribution in [2.45, 2.75) is 52.4 Å². The van der Waals surface area contributed by atoms with Gasteiger partial charge in [-0.1, -0.05) is 24.3 Å². The first-order chi connectivity index (χ1) is 9.85. The van der Waals surface area contributed by atoms with Crippen LogP contribution in [0.5, 0.6) is 0 Å². The van der Waals surface area contributed by atoms with Gasteiger partial charge in [-0.2, -0.15) is 0 Å². The van der Waals surface area contributed by atoms with E-state index in [1.165, 1.54) is 24.2 Å². The number of nitrogens with zero attached hydrogens (tertiary/aromatic N) is 2. The van der Waals surface area contributed by atoms with Gasteiger partial charge in [0.25, 0.3) is 0 Å². The van der Waals surface area contributed by atoms with Crippen LogP contribution in [0.1, 0.15) is 38.8 Å². The highest BCUT2D eigenvalue weighted by atomic mass is 15.3. The fourth-order valence-corrected chi connectivity index (χ4v) is 2.75. The minimum absolute atomic E-state index is 0.162. The molecule has 1 aliphatic heterocycles. The molecule has 1 unspecified atom stereocenters. The molecule has 21 heavy (non-hydrogen) atoms. The summed E-state index contributed by atoms with van der Waals surface area (Å²) in [4.78, 5) is 5.03. The first kappa shape index (κ1) is 16.5. The summed E-state index contributed by atoms with van der Waals surface area (Å²) in [6.45, 7) is 14.5. The maximum absolute atomic E-state index is 3.60. The molecular weight excluding hydrogens is 258 g/mol. The Balaban J connectivity index is 2.00. The number of likely N-dealkylation sites (N-methyl/N-ethyl adjacent to an activating group) is 1. The Morgan fingerprint density at radius 2 is 1.81 bits per heavy atom. The molecule has 1 aliphatic rings. The molecule has 1 fully saturated rings. The molecule has 0 aromatic heterocycles. The normalized spacial score (nSPS) is 21.7. The Kier molecular flexibility index (Phi) is 5.42. The van der Waals surface area contributed by atoms with Crippen LogP contribution in [0.15, 0.2) is 24.3 Å². The second-order valence-electron chi connectivity index (χ2n) is 7.44. The Morgan fingerprint density at radius 3 is 2.43 bits per heavy atom. The summed E-state index contributed by atoms with van der Waals surface area (Å²) in [5.74, 6) is 0. The molecule has 0 amide bonds. The van der Waals surface area contributed by atoms with E-state index in [1.807, 2.05) is 0 Å². The minimum atomic E-state index is 0.162. The smallest absolute Gasteiger partial charge is 0.0238 e. The monoisotopic (exact) mass is 289 g/mol. The van der Waals surface area contributed by atoms with Gasteiger partial charge in [-0.15, -0.1) is 0 Å². The van der Waals surface area contributed by atoms with Crippen molar-refractivity contribution in [3.05, 3.63) is 35.4 Å². The first-order valence-corrected chi connectivity index (χ1v) is 8.09. The third kappa shape index (κ3) is 5.10. The van der Waals surface area contributed by atoms with Crippen molar-refractivity contribution < 1.29 is 0 Å². The molecule has 1 aromatic carbocycles. The Morgan fingerprint density at radius 1 is 1.14 bits per heavy atom. The van der Waals surface area contributed by atoms with E-state index in [-0.39, 0.29) is 5.54 Å². The summed E-state index contributed by atoms with van der Waals surface area (Å²) in [5, 5.41) is 3.60. The van der Waals surface area contributed by atoms with E-state index >= 15 is 0 Å². The summed E-state index contributed by atoms with van der Waals surface area (Å²) in [7, 11) is 2.23. The lowest BCUT2D eigenvalue weighted by atomic mass is 10.0. The van der Waals surface area contributed by atoms with Gasteiger partial charge < -0.3 is 10.2 Å². The number of piperazine rings is 1. The summed E-state index contributed by atoms with van der Waals surface area (Å²) >= 11 is 0. The predicted molar refractivity (Wildman–Crippen MR) is 90.4 cm³/mol. The molecule has 1 heterocycles. The van der Waals surface area contributed by atoms with E-state index in [4.69, 9.17) is 0 Å². The molecule has 2 rings (SSSR count). The first-order valence-electron chi connectivity index (χ1n) is 8.09. The van der Waals surface area contributed by atoms with E-state index in [0.29, 0.717) is 6.04 Å². The topological polar surface area (TPSA) is 18.5 Å². The number of hydrogen-bond donors (Lipinski definition) is 1. The summed E-state index contributed by atoms with van der Waals surface area (Å²) in [6.07, 6.45) is 0. The van der Waals surface area contributed by atoms with Crippen LogP contribution in [0, 0.1) is 0 Å². The van der Waals surface area contributed by atoms with Gasteiger partial charge >= 0.3 is 0 Å². The van der Waals surface area contributed by atoms with E-state index < -0.39 is 0 Å². The van der Waals surface area contributed by atoms with Crippen molar-refractivity contribution in [2.75, 3.05) is 26.7 Å². The molecule has 1 saturated heterocycles. The van der Waals surface area contributed by atoms with Crippen molar-refractivity contribution in [3.63, 3.8) is 0 Å². The van der Waals surface area contributed by atoms with Gasteiger partial charge in [-0.05, 0) is 45.9 Å². The van der Waals surface area contributed by atoms with E-state index in [0.717, 1.165) is 19.6 Å². The highest BCUT2D eigenvalue weighted by Gasteiger charge is 2.21. The molecule has 1 atom stereocenters. The summed E-state index contributed by atoms with van der Waals surface area (Å²) < 4.78 is 0. The third-order valence-electron chi connectivity index (χ3n) is 4.37. The zero-order valence-electron chi connectivity index (χ0n) is 14.3. The van der Waals surface area contributed by atoms with Gasteiger partial charge in [0.1, 0.15) is 0 Å². The van der Waals surface area contributed by atoms with Crippen molar-refractivity contribution in [3.8, 4) is 0 Å². The maximum Gasteiger partial charge on any atom is 0.0238 e. The second-order valence-corrected chi connectivity index (χ2v) is 7.44. The summed E-state index contributed by atoms with van der Waals surface area (Å²) in [6, 6.07) is 9.50. The molecule has 3 heteroatoms. The number of benzene rings is 1.